The Labute approximate surface area is 232 Å². The van der Waals surface area contributed by atoms with Crippen LogP contribution in [0.2, 0.25) is 0 Å². The average Bonchev–Trinajstić information content (AvgIpc) is 3.22. The summed E-state index contributed by atoms with van der Waals surface area (Å²) in [5.41, 5.74) is 11.0. The fraction of sp³-hybridized carbons (Fsp3) is 0.469. The van der Waals surface area contributed by atoms with E-state index in [2.05, 4.69) is 12.2 Å². The molecule has 1 amide bonds. The summed E-state index contributed by atoms with van der Waals surface area (Å²) in [5, 5.41) is 3.05. The molecule has 3 N–H and O–H groups in total. The van der Waals surface area contributed by atoms with Gasteiger partial charge in [0.1, 0.15) is 22.6 Å². The molecule has 4 rings (SSSR count). The summed E-state index contributed by atoms with van der Waals surface area (Å²) in [5.74, 6) is 1.05. The van der Waals surface area contributed by atoms with Crippen LogP contribution >= 0.6 is 0 Å². The first-order chi connectivity index (χ1) is 19.1. The normalized spacial score (nSPS) is 11.3. The van der Waals surface area contributed by atoms with Crippen molar-refractivity contribution in [3.8, 4) is 5.75 Å². The van der Waals surface area contributed by atoms with Gasteiger partial charge < -0.3 is 20.4 Å². The van der Waals surface area contributed by atoms with Crippen molar-refractivity contribution >= 4 is 33.9 Å². The van der Waals surface area contributed by atoms with E-state index in [-0.39, 0.29) is 5.91 Å². The molecule has 0 aliphatic carbocycles. The number of fused-ring (bicyclic) bond motifs is 2. The predicted octanol–water partition coefficient (Wildman–Crippen LogP) is 7.07. The molecule has 7 heteroatoms. The molecule has 0 radical (unpaired) electrons. The standard InChI is InChI=1S/C32H43N5O2/c1-3-4-5-6-7-8-9-10-11-14-23-37-30(33)28(29-31(37)36-27-16-13-12-15-26(27)35-29)32(38)34-22-21-24-17-19-25(39-2)20-18-24/h12-13,15-20H,3-11,14,21-23,33H2,1-2H3,(H,34,38). The molecular formula is C32H43N5O2. The first kappa shape index (κ1) is 28.4. The van der Waals surface area contributed by atoms with Crippen LogP contribution in [-0.2, 0) is 13.0 Å². The van der Waals surface area contributed by atoms with Gasteiger partial charge in [-0.05, 0) is 42.7 Å². The van der Waals surface area contributed by atoms with Crippen LogP contribution in [0.5, 0.6) is 5.75 Å². The van der Waals surface area contributed by atoms with Gasteiger partial charge >= 0.3 is 0 Å². The number of unbranched alkanes of at least 4 members (excludes halogenated alkanes) is 9. The summed E-state index contributed by atoms with van der Waals surface area (Å²) in [6.45, 7) is 3.48. The molecule has 0 spiro atoms. The SMILES string of the molecule is CCCCCCCCCCCCn1c(N)c(C(=O)NCCc2ccc(OC)cc2)c2nc3ccccc3nc21. The second kappa shape index (κ2) is 14.5. The van der Waals surface area contributed by atoms with E-state index in [4.69, 9.17) is 20.4 Å². The number of para-hydroxylation sites is 2. The number of nitrogens with one attached hydrogen (secondary N) is 1. The minimum Gasteiger partial charge on any atom is -0.497 e. The van der Waals surface area contributed by atoms with Crippen LogP contribution in [0.25, 0.3) is 22.2 Å². The zero-order chi connectivity index (χ0) is 27.5. The van der Waals surface area contributed by atoms with E-state index in [1.54, 1.807) is 7.11 Å². The van der Waals surface area contributed by atoms with E-state index in [1.807, 2.05) is 53.1 Å². The number of aryl methyl sites for hydroxylation is 1. The van der Waals surface area contributed by atoms with Gasteiger partial charge in [-0.1, -0.05) is 89.0 Å². The first-order valence-corrected chi connectivity index (χ1v) is 14.6. The summed E-state index contributed by atoms with van der Waals surface area (Å²) in [6.07, 6.45) is 13.4. The van der Waals surface area contributed by atoms with Crippen molar-refractivity contribution in [2.75, 3.05) is 19.4 Å². The molecule has 2 heterocycles. The van der Waals surface area contributed by atoms with Crippen molar-refractivity contribution in [3.05, 3.63) is 59.7 Å². The van der Waals surface area contributed by atoms with E-state index in [1.165, 1.54) is 51.4 Å². The van der Waals surface area contributed by atoms with Crippen molar-refractivity contribution in [2.24, 2.45) is 0 Å². The van der Waals surface area contributed by atoms with Crippen molar-refractivity contribution in [1.29, 1.82) is 0 Å². The number of carbonyl (C=O) groups excluding carboxylic acids is 1. The summed E-state index contributed by atoms with van der Waals surface area (Å²) < 4.78 is 7.21. The molecule has 0 atom stereocenters. The molecule has 0 bridgehead atoms. The van der Waals surface area contributed by atoms with Crippen LogP contribution in [-0.4, -0.2) is 34.1 Å². The first-order valence-electron chi connectivity index (χ1n) is 14.6. The molecule has 0 unspecified atom stereocenters. The number of nitrogen functional groups attached to an aromatic ring is 1. The summed E-state index contributed by atoms with van der Waals surface area (Å²) in [7, 11) is 1.65. The highest BCUT2D eigenvalue weighted by molar-refractivity contribution is 6.10. The number of hydrogen-bond donors (Lipinski definition) is 2. The van der Waals surface area contributed by atoms with E-state index in [9.17, 15) is 4.79 Å². The van der Waals surface area contributed by atoms with E-state index < -0.39 is 0 Å². The lowest BCUT2D eigenvalue weighted by molar-refractivity contribution is 0.0956. The Morgan fingerprint density at radius 1 is 0.872 bits per heavy atom. The summed E-state index contributed by atoms with van der Waals surface area (Å²) in [4.78, 5) is 23.1. The van der Waals surface area contributed by atoms with Crippen molar-refractivity contribution in [1.82, 2.24) is 19.9 Å². The summed E-state index contributed by atoms with van der Waals surface area (Å²) in [6, 6.07) is 15.6. The Kier molecular flexibility index (Phi) is 10.6. The summed E-state index contributed by atoms with van der Waals surface area (Å²) >= 11 is 0. The third kappa shape index (κ3) is 7.49. The Hall–Kier alpha value is -3.61. The van der Waals surface area contributed by atoms with Gasteiger partial charge in [0.25, 0.3) is 5.91 Å². The maximum Gasteiger partial charge on any atom is 0.257 e. The number of hydrogen-bond acceptors (Lipinski definition) is 5. The molecule has 208 valence electrons. The average molecular weight is 530 g/mol. The van der Waals surface area contributed by atoms with Crippen LogP contribution in [0.4, 0.5) is 5.82 Å². The smallest absolute Gasteiger partial charge is 0.257 e. The molecule has 0 aliphatic heterocycles. The molecule has 0 saturated carbocycles. The van der Waals surface area contributed by atoms with E-state index >= 15 is 0 Å². The zero-order valence-electron chi connectivity index (χ0n) is 23.5. The Morgan fingerprint density at radius 2 is 1.49 bits per heavy atom. The Morgan fingerprint density at radius 3 is 2.13 bits per heavy atom. The topological polar surface area (TPSA) is 95.1 Å². The number of aromatic nitrogens is 3. The van der Waals surface area contributed by atoms with Gasteiger partial charge in [0, 0.05) is 13.1 Å². The molecule has 0 aliphatic rings. The number of anilines is 1. The number of rotatable bonds is 16. The molecular weight excluding hydrogens is 486 g/mol. The minimum atomic E-state index is -0.211. The monoisotopic (exact) mass is 529 g/mol. The fourth-order valence-electron chi connectivity index (χ4n) is 5.13. The second-order valence-corrected chi connectivity index (χ2v) is 10.3. The lowest BCUT2D eigenvalue weighted by atomic mass is 10.1. The largest absolute Gasteiger partial charge is 0.497 e. The highest BCUT2D eigenvalue weighted by atomic mass is 16.5. The highest BCUT2D eigenvalue weighted by Crippen LogP contribution is 2.28. The Bertz CT molecular complexity index is 1350. The van der Waals surface area contributed by atoms with Crippen molar-refractivity contribution in [2.45, 2.75) is 84.1 Å². The maximum absolute atomic E-state index is 13.4. The van der Waals surface area contributed by atoms with Gasteiger partial charge in [-0.15, -0.1) is 0 Å². The third-order valence-electron chi connectivity index (χ3n) is 7.41. The van der Waals surface area contributed by atoms with Gasteiger partial charge in [0.2, 0.25) is 0 Å². The number of carbonyl (C=O) groups is 1. The van der Waals surface area contributed by atoms with E-state index in [0.29, 0.717) is 35.5 Å². The zero-order valence-corrected chi connectivity index (χ0v) is 23.5. The lowest BCUT2D eigenvalue weighted by Gasteiger charge is -2.09. The minimum absolute atomic E-state index is 0.211. The fourth-order valence-corrected chi connectivity index (χ4v) is 5.13. The number of methoxy groups -OCH3 is 1. The predicted molar refractivity (Wildman–Crippen MR) is 160 cm³/mol. The van der Waals surface area contributed by atoms with Gasteiger partial charge in [0.15, 0.2) is 5.65 Å². The molecule has 4 aromatic rings. The molecule has 7 nitrogen and oxygen atoms in total. The van der Waals surface area contributed by atoms with Gasteiger partial charge in [0.05, 0.1) is 18.1 Å². The second-order valence-electron chi connectivity index (χ2n) is 10.3. The highest BCUT2D eigenvalue weighted by Gasteiger charge is 2.23. The molecule has 0 fully saturated rings. The number of ether oxygens (including phenoxy) is 1. The van der Waals surface area contributed by atoms with Crippen molar-refractivity contribution < 1.29 is 9.53 Å². The Balaban J connectivity index is 1.41. The maximum atomic E-state index is 13.4. The number of benzene rings is 2. The van der Waals surface area contributed by atoms with Crippen LogP contribution in [0, 0.1) is 0 Å². The van der Waals surface area contributed by atoms with Gasteiger partial charge in [-0.2, -0.15) is 0 Å². The van der Waals surface area contributed by atoms with Gasteiger partial charge in [-0.25, -0.2) is 9.97 Å². The van der Waals surface area contributed by atoms with Crippen LogP contribution in [0.3, 0.4) is 0 Å². The van der Waals surface area contributed by atoms with Crippen LogP contribution < -0.4 is 15.8 Å². The number of nitrogens with two attached hydrogens (primary N) is 1. The van der Waals surface area contributed by atoms with Crippen molar-refractivity contribution in [3.63, 3.8) is 0 Å². The number of amides is 1. The van der Waals surface area contributed by atoms with E-state index in [0.717, 1.165) is 41.7 Å². The molecule has 2 aromatic heterocycles. The lowest BCUT2D eigenvalue weighted by Crippen LogP contribution is -2.26. The molecule has 39 heavy (non-hydrogen) atoms. The quantitative estimate of drug-likeness (QED) is 0.151. The third-order valence-corrected chi connectivity index (χ3v) is 7.41. The molecule has 2 aromatic carbocycles. The van der Waals surface area contributed by atoms with Crippen LogP contribution in [0.15, 0.2) is 48.5 Å². The molecule has 0 saturated heterocycles. The van der Waals surface area contributed by atoms with Gasteiger partial charge in [-0.3, -0.25) is 4.79 Å². The number of nitrogens with zero attached hydrogens (tertiary/aromatic N) is 3. The van der Waals surface area contributed by atoms with Crippen LogP contribution in [0.1, 0.15) is 87.1 Å².